The minimum Gasteiger partial charge on any atom is -0.452 e. The van der Waals surface area contributed by atoms with Crippen LogP contribution in [0.3, 0.4) is 0 Å². The summed E-state index contributed by atoms with van der Waals surface area (Å²) in [5.41, 5.74) is 1.60. The Morgan fingerprint density at radius 3 is 2.29 bits per heavy atom. The molecule has 0 saturated heterocycles. The zero-order valence-corrected chi connectivity index (χ0v) is 24.4. The van der Waals surface area contributed by atoms with Crippen molar-refractivity contribution in [3.8, 4) is 0 Å². The van der Waals surface area contributed by atoms with Crippen molar-refractivity contribution in [3.05, 3.63) is 82.9 Å². The van der Waals surface area contributed by atoms with Crippen LogP contribution in [0.15, 0.2) is 76.5 Å². The Kier molecular flexibility index (Phi) is 10.1. The Labute approximate surface area is 242 Å². The van der Waals surface area contributed by atoms with Crippen LogP contribution in [0.25, 0.3) is 0 Å². The van der Waals surface area contributed by atoms with Gasteiger partial charge in [0.1, 0.15) is 4.90 Å². The summed E-state index contributed by atoms with van der Waals surface area (Å²) in [5.74, 6) is -1.62. The summed E-state index contributed by atoms with van der Waals surface area (Å²) >= 11 is 6.18. The number of primary sulfonamides is 1. The molecule has 15 heteroatoms. The van der Waals surface area contributed by atoms with Crippen molar-refractivity contribution in [1.82, 2.24) is 4.90 Å². The number of ether oxygens (including phenoxy) is 1. The van der Waals surface area contributed by atoms with Crippen molar-refractivity contribution >= 4 is 61.3 Å². The van der Waals surface area contributed by atoms with E-state index in [1.54, 1.807) is 26.2 Å². The SMILES string of the molecule is CN(C)C=O.NS(=O)(=O)c1ccc(NC(=O)COC(=O)c2ccc(Cl)c(S(=O)(=O)N3CCc4ccccc43)c2)cc1. The maximum absolute atomic E-state index is 13.3. The fourth-order valence-corrected chi connectivity index (χ4v) is 6.17. The largest absolute Gasteiger partial charge is 0.452 e. The Bertz CT molecular complexity index is 1660. The van der Waals surface area contributed by atoms with E-state index >= 15 is 0 Å². The van der Waals surface area contributed by atoms with Crippen molar-refractivity contribution < 1.29 is 36.0 Å². The third-order valence-electron chi connectivity index (χ3n) is 5.59. The first-order valence-corrected chi connectivity index (χ1v) is 15.2. The van der Waals surface area contributed by atoms with Crippen molar-refractivity contribution in [1.29, 1.82) is 0 Å². The third kappa shape index (κ3) is 8.04. The molecule has 0 spiro atoms. The number of nitrogens with zero attached hydrogens (tertiary/aromatic N) is 2. The minimum atomic E-state index is -4.06. The van der Waals surface area contributed by atoms with Gasteiger partial charge >= 0.3 is 5.97 Å². The number of sulfonamides is 2. The molecule has 12 nitrogen and oxygen atoms in total. The second-order valence-electron chi connectivity index (χ2n) is 8.86. The summed E-state index contributed by atoms with van der Waals surface area (Å²) in [4.78, 5) is 35.2. The number of amides is 2. The van der Waals surface area contributed by atoms with E-state index in [4.69, 9.17) is 21.5 Å². The van der Waals surface area contributed by atoms with E-state index in [1.807, 2.05) is 12.1 Å². The fourth-order valence-electron chi connectivity index (χ4n) is 3.64. The molecule has 3 N–H and O–H groups in total. The van der Waals surface area contributed by atoms with Crippen molar-refractivity contribution in [3.63, 3.8) is 0 Å². The predicted octanol–water partition coefficient (Wildman–Crippen LogP) is 2.24. The molecule has 1 heterocycles. The van der Waals surface area contributed by atoms with Gasteiger partial charge in [0.2, 0.25) is 16.4 Å². The van der Waals surface area contributed by atoms with E-state index in [0.29, 0.717) is 12.1 Å². The van der Waals surface area contributed by atoms with Gasteiger partial charge in [-0.25, -0.2) is 26.8 Å². The van der Waals surface area contributed by atoms with E-state index in [2.05, 4.69) is 5.32 Å². The lowest BCUT2D eigenvalue weighted by Crippen LogP contribution is -2.29. The molecule has 4 rings (SSSR count). The second kappa shape index (κ2) is 13.1. The highest BCUT2D eigenvalue weighted by molar-refractivity contribution is 7.93. The van der Waals surface area contributed by atoms with Gasteiger partial charge in [0.25, 0.3) is 15.9 Å². The first kappa shape index (κ1) is 31.5. The van der Waals surface area contributed by atoms with Gasteiger partial charge in [0.15, 0.2) is 6.61 Å². The molecule has 0 atom stereocenters. The lowest BCUT2D eigenvalue weighted by atomic mass is 10.2. The molecule has 0 saturated carbocycles. The molecule has 0 radical (unpaired) electrons. The number of rotatable bonds is 8. The molecule has 0 aliphatic carbocycles. The van der Waals surface area contributed by atoms with E-state index in [0.717, 1.165) is 18.0 Å². The van der Waals surface area contributed by atoms with Crippen LogP contribution in [0.5, 0.6) is 0 Å². The van der Waals surface area contributed by atoms with Crippen molar-refractivity contribution in [2.24, 2.45) is 5.14 Å². The molecule has 1 aliphatic heterocycles. The molecule has 3 aromatic carbocycles. The molecule has 218 valence electrons. The molecule has 0 unspecified atom stereocenters. The van der Waals surface area contributed by atoms with Crippen LogP contribution in [-0.2, 0) is 40.8 Å². The Balaban J connectivity index is 0.000000850. The molecule has 2 amide bonds. The summed E-state index contributed by atoms with van der Waals surface area (Å²) in [6, 6.07) is 15.9. The Morgan fingerprint density at radius 2 is 1.68 bits per heavy atom. The Morgan fingerprint density at radius 1 is 1.05 bits per heavy atom. The molecular formula is C26H27ClN4O8S2. The quantitative estimate of drug-likeness (QED) is 0.284. The van der Waals surface area contributed by atoms with Gasteiger partial charge in [0.05, 0.1) is 21.2 Å². The molecule has 0 fully saturated rings. The number of benzene rings is 3. The number of nitrogens with one attached hydrogen (secondary N) is 1. The van der Waals surface area contributed by atoms with Crippen LogP contribution in [-0.4, -0.2) is 67.3 Å². The maximum Gasteiger partial charge on any atom is 0.338 e. The molecule has 0 bridgehead atoms. The average Bonchev–Trinajstić information content (AvgIpc) is 3.37. The van der Waals surface area contributed by atoms with Crippen LogP contribution in [0, 0.1) is 0 Å². The van der Waals surface area contributed by atoms with Crippen molar-refractivity contribution in [2.75, 3.05) is 36.9 Å². The number of halogens is 1. The van der Waals surface area contributed by atoms with Crippen LogP contribution in [0.1, 0.15) is 15.9 Å². The van der Waals surface area contributed by atoms with Gasteiger partial charge in [-0.3, -0.25) is 13.9 Å². The Hall–Kier alpha value is -3.98. The van der Waals surface area contributed by atoms with Crippen LogP contribution in [0.2, 0.25) is 5.02 Å². The highest BCUT2D eigenvalue weighted by atomic mass is 35.5. The lowest BCUT2D eigenvalue weighted by Gasteiger charge is -2.20. The zero-order valence-electron chi connectivity index (χ0n) is 22.0. The van der Waals surface area contributed by atoms with E-state index in [9.17, 15) is 31.2 Å². The summed E-state index contributed by atoms with van der Waals surface area (Å²) in [5, 5.41) is 7.41. The first-order valence-electron chi connectivity index (χ1n) is 11.9. The standard InChI is InChI=1S/C23H20ClN3O7S2.C3H7NO/c24-19-10-5-16(13-21(19)36(32,33)27-12-11-15-3-1-2-4-20(15)27)23(29)34-14-22(28)26-17-6-8-18(9-7-17)35(25,30)31;1-4(2)3-5/h1-10,13H,11-12,14H2,(H,26,28)(H2,25,30,31);3H,1-2H3. The maximum atomic E-state index is 13.3. The monoisotopic (exact) mass is 622 g/mol. The third-order valence-corrected chi connectivity index (χ3v) is 8.82. The smallest absolute Gasteiger partial charge is 0.338 e. The average molecular weight is 623 g/mol. The van der Waals surface area contributed by atoms with Gasteiger partial charge in [-0.15, -0.1) is 0 Å². The highest BCUT2D eigenvalue weighted by Gasteiger charge is 2.32. The van der Waals surface area contributed by atoms with Crippen LogP contribution in [0.4, 0.5) is 11.4 Å². The van der Waals surface area contributed by atoms with Gasteiger partial charge in [-0.05, 0) is 60.5 Å². The van der Waals surface area contributed by atoms with E-state index in [-0.39, 0.29) is 32.6 Å². The van der Waals surface area contributed by atoms with Crippen molar-refractivity contribution in [2.45, 2.75) is 16.2 Å². The predicted molar refractivity (Wildman–Crippen MR) is 153 cm³/mol. The number of carbonyl (C=O) groups excluding carboxylic acids is 3. The number of fused-ring (bicyclic) bond motifs is 1. The molecular weight excluding hydrogens is 596 g/mol. The van der Waals surface area contributed by atoms with Crippen LogP contribution >= 0.6 is 11.6 Å². The lowest BCUT2D eigenvalue weighted by molar-refractivity contribution is -0.119. The topological polar surface area (TPSA) is 173 Å². The summed E-state index contributed by atoms with van der Waals surface area (Å²) in [7, 11) is -4.56. The van der Waals surface area contributed by atoms with Gasteiger partial charge in [-0.1, -0.05) is 29.8 Å². The summed E-state index contributed by atoms with van der Waals surface area (Å²) in [6.45, 7) is -0.426. The molecule has 3 aromatic rings. The molecule has 41 heavy (non-hydrogen) atoms. The molecule has 1 aliphatic rings. The number of hydrogen-bond donors (Lipinski definition) is 2. The number of carbonyl (C=O) groups is 3. The number of para-hydroxylation sites is 1. The zero-order chi connectivity index (χ0) is 30.4. The summed E-state index contributed by atoms with van der Waals surface area (Å²) in [6.07, 6.45) is 1.30. The molecule has 0 aromatic heterocycles. The number of anilines is 2. The fraction of sp³-hybridized carbons (Fsp3) is 0.192. The number of hydrogen-bond acceptors (Lipinski definition) is 8. The minimum absolute atomic E-state index is 0.0587. The van der Waals surface area contributed by atoms with Crippen LogP contribution < -0.4 is 14.8 Å². The van der Waals surface area contributed by atoms with Gasteiger partial charge < -0.3 is 15.0 Å². The number of nitrogens with two attached hydrogens (primary N) is 1. The van der Waals surface area contributed by atoms with E-state index < -0.39 is 38.5 Å². The summed E-state index contributed by atoms with van der Waals surface area (Å²) < 4.78 is 55.5. The second-order valence-corrected chi connectivity index (χ2v) is 12.7. The normalized spacial score (nSPS) is 12.4. The number of esters is 1. The van der Waals surface area contributed by atoms with Gasteiger partial charge in [0, 0.05) is 26.3 Å². The first-order chi connectivity index (χ1) is 19.2. The van der Waals surface area contributed by atoms with E-state index in [1.165, 1.54) is 45.6 Å². The van der Waals surface area contributed by atoms with Gasteiger partial charge in [-0.2, -0.15) is 0 Å². The highest BCUT2D eigenvalue weighted by Crippen LogP contribution is 2.35.